The van der Waals surface area contributed by atoms with Crippen LogP contribution in [0.5, 0.6) is 5.75 Å². The highest BCUT2D eigenvalue weighted by atomic mass is 32.1. The minimum Gasteiger partial charge on any atom is -0.494 e. The van der Waals surface area contributed by atoms with Crippen LogP contribution in [0.2, 0.25) is 0 Å². The van der Waals surface area contributed by atoms with Gasteiger partial charge in [0.15, 0.2) is 5.11 Å². The third-order valence-corrected chi connectivity index (χ3v) is 3.92. The molecule has 0 radical (unpaired) electrons. The van der Waals surface area contributed by atoms with Crippen molar-refractivity contribution in [2.45, 2.75) is 32.4 Å². The molecule has 0 saturated carbocycles. The number of carbonyl (C=O) groups excluding carboxylic acids is 1. The Morgan fingerprint density at radius 1 is 1.25 bits per heavy atom. The number of hydrogen-bond acceptors (Lipinski definition) is 4. The van der Waals surface area contributed by atoms with Crippen molar-refractivity contribution >= 4 is 28.9 Å². The zero-order chi connectivity index (χ0) is 20.6. The number of nitrogens with zero attached hydrogens (tertiary/aromatic N) is 1. The van der Waals surface area contributed by atoms with E-state index in [1.165, 1.54) is 30.6 Å². The van der Waals surface area contributed by atoms with Crippen molar-refractivity contribution in [3.8, 4) is 5.75 Å². The van der Waals surface area contributed by atoms with E-state index in [4.69, 9.17) is 17.0 Å². The molecule has 2 aromatic rings. The quantitative estimate of drug-likeness (QED) is 0.506. The van der Waals surface area contributed by atoms with Gasteiger partial charge in [0.05, 0.1) is 23.4 Å². The lowest BCUT2D eigenvalue weighted by Gasteiger charge is -2.17. The van der Waals surface area contributed by atoms with E-state index in [2.05, 4.69) is 15.6 Å². The summed E-state index contributed by atoms with van der Waals surface area (Å²) in [5.74, 6) is -0.450. The van der Waals surface area contributed by atoms with Gasteiger partial charge in [-0.2, -0.15) is 13.2 Å². The Labute approximate surface area is 166 Å². The number of carbonyl (C=O) groups is 1. The first kappa shape index (κ1) is 21.6. The number of anilines is 1. The number of halogens is 3. The summed E-state index contributed by atoms with van der Waals surface area (Å²) in [6.07, 6.45) is 0.897. The molecular formula is C19H20F3N3O2S. The maximum atomic E-state index is 13.4. The van der Waals surface area contributed by atoms with Crippen LogP contribution in [0, 0.1) is 0 Å². The number of ether oxygens (including phenoxy) is 1. The fraction of sp³-hybridized carbons (Fsp3) is 0.316. The molecular weight excluding hydrogens is 391 g/mol. The molecule has 1 aromatic heterocycles. The molecule has 2 N–H and O–H groups in total. The van der Waals surface area contributed by atoms with Gasteiger partial charge in [-0.15, -0.1) is 0 Å². The highest BCUT2D eigenvalue weighted by Crippen LogP contribution is 2.37. The standard InChI is InChI=1S/C19H20F3N3O2S/c1-2-3-4-10-27-14-7-8-16(15(11-14)19(20,21)22)24-18(28)25-17(26)13-6-5-9-23-12-13/h5-9,11-12H,2-4,10H2,1H3,(H2,24,25,26,28). The summed E-state index contributed by atoms with van der Waals surface area (Å²) in [6.45, 7) is 2.37. The first-order valence-corrected chi connectivity index (χ1v) is 9.08. The monoisotopic (exact) mass is 411 g/mol. The van der Waals surface area contributed by atoms with E-state index in [0.717, 1.165) is 25.3 Å². The number of amides is 1. The minimum atomic E-state index is -4.62. The number of rotatable bonds is 7. The zero-order valence-electron chi connectivity index (χ0n) is 15.2. The summed E-state index contributed by atoms with van der Waals surface area (Å²) in [5, 5.41) is 4.50. The maximum absolute atomic E-state index is 13.4. The van der Waals surface area contributed by atoms with E-state index in [0.29, 0.717) is 6.61 Å². The Morgan fingerprint density at radius 3 is 2.68 bits per heavy atom. The third-order valence-electron chi connectivity index (χ3n) is 3.71. The van der Waals surface area contributed by atoms with Crippen molar-refractivity contribution < 1.29 is 22.7 Å². The smallest absolute Gasteiger partial charge is 0.418 e. The first-order valence-electron chi connectivity index (χ1n) is 8.67. The highest BCUT2D eigenvalue weighted by Gasteiger charge is 2.34. The average molecular weight is 411 g/mol. The number of unbranched alkanes of at least 4 members (excludes halogenated alkanes) is 2. The van der Waals surface area contributed by atoms with Crippen LogP contribution in [0.1, 0.15) is 42.1 Å². The molecule has 1 heterocycles. The van der Waals surface area contributed by atoms with E-state index in [1.807, 2.05) is 6.92 Å². The van der Waals surface area contributed by atoms with Crippen molar-refractivity contribution in [1.82, 2.24) is 10.3 Å². The van der Waals surface area contributed by atoms with E-state index in [1.54, 1.807) is 6.07 Å². The zero-order valence-corrected chi connectivity index (χ0v) is 16.0. The molecule has 9 heteroatoms. The van der Waals surface area contributed by atoms with Crippen LogP contribution in [-0.4, -0.2) is 22.6 Å². The second-order valence-corrected chi connectivity index (χ2v) is 6.32. The summed E-state index contributed by atoms with van der Waals surface area (Å²) < 4.78 is 45.6. The van der Waals surface area contributed by atoms with Crippen molar-refractivity contribution in [3.05, 3.63) is 53.9 Å². The van der Waals surface area contributed by atoms with Crippen molar-refractivity contribution in [2.75, 3.05) is 11.9 Å². The molecule has 1 amide bonds. The Balaban J connectivity index is 2.08. The summed E-state index contributed by atoms with van der Waals surface area (Å²) in [6, 6.07) is 6.64. The number of aromatic nitrogens is 1. The topological polar surface area (TPSA) is 63.2 Å². The van der Waals surface area contributed by atoms with E-state index < -0.39 is 17.6 Å². The minimum absolute atomic E-state index is 0.124. The third kappa shape index (κ3) is 6.49. The van der Waals surface area contributed by atoms with Crippen molar-refractivity contribution in [2.24, 2.45) is 0 Å². The van der Waals surface area contributed by atoms with Gasteiger partial charge in [0, 0.05) is 12.4 Å². The van der Waals surface area contributed by atoms with Gasteiger partial charge in [-0.1, -0.05) is 19.8 Å². The van der Waals surface area contributed by atoms with E-state index >= 15 is 0 Å². The fourth-order valence-corrected chi connectivity index (χ4v) is 2.53. The molecule has 2 rings (SSSR count). The fourth-order valence-electron chi connectivity index (χ4n) is 2.32. The van der Waals surface area contributed by atoms with Gasteiger partial charge >= 0.3 is 6.18 Å². The molecule has 150 valence electrons. The van der Waals surface area contributed by atoms with Gasteiger partial charge in [0.2, 0.25) is 0 Å². The molecule has 0 saturated heterocycles. The molecule has 0 aliphatic rings. The maximum Gasteiger partial charge on any atom is 0.418 e. The van der Waals surface area contributed by atoms with E-state index in [-0.39, 0.29) is 22.1 Å². The summed E-state index contributed by atoms with van der Waals surface area (Å²) in [5.41, 5.74) is -0.970. The lowest BCUT2D eigenvalue weighted by atomic mass is 10.1. The largest absolute Gasteiger partial charge is 0.494 e. The predicted octanol–water partition coefficient (Wildman–Crippen LogP) is 4.80. The number of hydrogen-bond donors (Lipinski definition) is 2. The van der Waals surface area contributed by atoms with Gasteiger partial charge < -0.3 is 10.1 Å². The Morgan fingerprint density at radius 2 is 2.04 bits per heavy atom. The second-order valence-electron chi connectivity index (χ2n) is 5.91. The number of nitrogens with one attached hydrogen (secondary N) is 2. The van der Waals surface area contributed by atoms with Crippen molar-refractivity contribution in [1.29, 1.82) is 0 Å². The van der Waals surface area contributed by atoms with Crippen LogP contribution in [0.3, 0.4) is 0 Å². The Kier molecular flexibility index (Phi) is 7.74. The molecule has 5 nitrogen and oxygen atoms in total. The van der Waals surface area contributed by atoms with Crippen LogP contribution < -0.4 is 15.4 Å². The summed E-state index contributed by atoms with van der Waals surface area (Å²) >= 11 is 4.96. The number of thiocarbonyl (C=S) groups is 1. The average Bonchev–Trinajstić information content (AvgIpc) is 2.66. The predicted molar refractivity (Wildman–Crippen MR) is 104 cm³/mol. The molecule has 0 atom stereocenters. The molecule has 0 fully saturated rings. The lowest BCUT2D eigenvalue weighted by Crippen LogP contribution is -2.34. The second kappa shape index (κ2) is 10.0. The van der Waals surface area contributed by atoms with Crippen LogP contribution >= 0.6 is 12.2 Å². The van der Waals surface area contributed by atoms with Gasteiger partial charge in [0.1, 0.15) is 5.75 Å². The van der Waals surface area contributed by atoms with Gasteiger partial charge in [0.25, 0.3) is 5.91 Å². The van der Waals surface area contributed by atoms with Gasteiger partial charge in [-0.3, -0.25) is 15.1 Å². The Hall–Kier alpha value is -2.68. The highest BCUT2D eigenvalue weighted by molar-refractivity contribution is 7.80. The number of alkyl halides is 3. The lowest BCUT2D eigenvalue weighted by molar-refractivity contribution is -0.137. The van der Waals surface area contributed by atoms with Crippen LogP contribution in [0.4, 0.5) is 18.9 Å². The van der Waals surface area contributed by atoms with Gasteiger partial charge in [-0.25, -0.2) is 0 Å². The van der Waals surface area contributed by atoms with Crippen LogP contribution in [-0.2, 0) is 6.18 Å². The van der Waals surface area contributed by atoms with Crippen molar-refractivity contribution in [3.63, 3.8) is 0 Å². The first-order chi connectivity index (χ1) is 13.3. The SMILES string of the molecule is CCCCCOc1ccc(NC(=S)NC(=O)c2cccnc2)c(C(F)(F)F)c1. The molecule has 1 aromatic carbocycles. The summed E-state index contributed by atoms with van der Waals surface area (Å²) in [7, 11) is 0. The normalized spacial score (nSPS) is 11.0. The number of pyridine rings is 1. The molecule has 0 spiro atoms. The van der Waals surface area contributed by atoms with E-state index in [9.17, 15) is 18.0 Å². The molecule has 0 aliphatic heterocycles. The molecule has 0 bridgehead atoms. The van der Waals surface area contributed by atoms with Crippen LogP contribution in [0.15, 0.2) is 42.7 Å². The number of benzene rings is 1. The summed E-state index contributed by atoms with van der Waals surface area (Å²) in [4.78, 5) is 15.8. The molecule has 28 heavy (non-hydrogen) atoms. The van der Waals surface area contributed by atoms with Gasteiger partial charge in [-0.05, 0) is 49.0 Å². The molecule has 0 aliphatic carbocycles. The Bertz CT molecular complexity index is 814. The molecule has 0 unspecified atom stereocenters. The van der Waals surface area contributed by atoms with Crippen LogP contribution in [0.25, 0.3) is 0 Å².